The smallest absolute Gasteiger partial charge is 0.231 e. The van der Waals surface area contributed by atoms with Gasteiger partial charge in [0.15, 0.2) is 16.7 Å². The maximum atomic E-state index is 6.19. The van der Waals surface area contributed by atoms with Crippen LogP contribution in [-0.2, 0) is 0 Å². The highest BCUT2D eigenvalue weighted by molar-refractivity contribution is 7.99. The van der Waals surface area contributed by atoms with Crippen LogP contribution < -0.4 is 15.2 Å². The van der Waals surface area contributed by atoms with Gasteiger partial charge in [-0.3, -0.25) is 0 Å². The lowest BCUT2D eigenvalue weighted by atomic mass is 10.1. The summed E-state index contributed by atoms with van der Waals surface area (Å²) >= 11 is 1.55. The SMILES string of the molecule is Cc1cnc(SCC(N)c2ccc3c(c2)OCO3)nc1. The zero-order chi connectivity index (χ0) is 13.9. The molecule has 0 bridgehead atoms. The Bertz CT molecular complexity index is 604. The maximum absolute atomic E-state index is 6.19. The molecule has 6 heteroatoms. The number of nitrogens with zero attached hydrogens (tertiary/aromatic N) is 2. The van der Waals surface area contributed by atoms with Gasteiger partial charge in [-0.1, -0.05) is 17.8 Å². The van der Waals surface area contributed by atoms with Gasteiger partial charge in [-0.25, -0.2) is 9.97 Å². The van der Waals surface area contributed by atoms with Crippen LogP contribution in [0.2, 0.25) is 0 Å². The molecule has 0 saturated heterocycles. The lowest BCUT2D eigenvalue weighted by Crippen LogP contribution is -2.13. The molecule has 1 aliphatic heterocycles. The molecule has 0 aliphatic carbocycles. The van der Waals surface area contributed by atoms with Gasteiger partial charge in [0.25, 0.3) is 0 Å². The molecule has 1 aliphatic rings. The molecule has 0 spiro atoms. The number of aromatic nitrogens is 2. The highest BCUT2D eigenvalue weighted by atomic mass is 32.2. The third kappa shape index (κ3) is 2.86. The van der Waals surface area contributed by atoms with Crippen LogP contribution in [0.15, 0.2) is 35.7 Å². The van der Waals surface area contributed by atoms with E-state index in [1.165, 1.54) is 0 Å². The van der Waals surface area contributed by atoms with Gasteiger partial charge in [-0.15, -0.1) is 0 Å². The Balaban J connectivity index is 1.64. The maximum Gasteiger partial charge on any atom is 0.231 e. The van der Waals surface area contributed by atoms with Crippen molar-refractivity contribution in [2.45, 2.75) is 18.1 Å². The number of aryl methyl sites for hydroxylation is 1. The quantitative estimate of drug-likeness (QED) is 0.688. The Labute approximate surface area is 121 Å². The minimum atomic E-state index is -0.0978. The van der Waals surface area contributed by atoms with Crippen LogP contribution in [0.5, 0.6) is 11.5 Å². The number of hydrogen-bond donors (Lipinski definition) is 1. The zero-order valence-electron chi connectivity index (χ0n) is 11.1. The van der Waals surface area contributed by atoms with Crippen molar-refractivity contribution in [1.82, 2.24) is 9.97 Å². The van der Waals surface area contributed by atoms with Gasteiger partial charge in [-0.05, 0) is 30.2 Å². The van der Waals surface area contributed by atoms with E-state index in [-0.39, 0.29) is 12.8 Å². The minimum absolute atomic E-state index is 0.0978. The second-order valence-corrected chi connectivity index (χ2v) is 5.56. The largest absolute Gasteiger partial charge is 0.454 e. The molecule has 0 amide bonds. The van der Waals surface area contributed by atoms with Crippen LogP contribution in [-0.4, -0.2) is 22.5 Å². The van der Waals surface area contributed by atoms with Crippen molar-refractivity contribution < 1.29 is 9.47 Å². The van der Waals surface area contributed by atoms with Crippen molar-refractivity contribution in [3.05, 3.63) is 41.7 Å². The van der Waals surface area contributed by atoms with Gasteiger partial charge in [-0.2, -0.15) is 0 Å². The topological polar surface area (TPSA) is 70.3 Å². The summed E-state index contributed by atoms with van der Waals surface area (Å²) in [5, 5.41) is 0.742. The lowest BCUT2D eigenvalue weighted by molar-refractivity contribution is 0.174. The van der Waals surface area contributed by atoms with Crippen LogP contribution >= 0.6 is 11.8 Å². The fourth-order valence-corrected chi connectivity index (χ4v) is 2.64. The van der Waals surface area contributed by atoms with Crippen LogP contribution in [0, 0.1) is 6.92 Å². The first-order chi connectivity index (χ1) is 9.72. The molecular weight excluding hydrogens is 274 g/mol. The average Bonchev–Trinajstić information content (AvgIpc) is 2.93. The number of ether oxygens (including phenoxy) is 2. The van der Waals surface area contributed by atoms with Gasteiger partial charge < -0.3 is 15.2 Å². The Kier molecular flexibility index (Phi) is 3.75. The number of rotatable bonds is 4. The normalized spacial score (nSPS) is 14.3. The molecule has 2 aromatic rings. The first-order valence-electron chi connectivity index (χ1n) is 6.29. The number of benzene rings is 1. The van der Waals surface area contributed by atoms with Gasteiger partial charge in [0.2, 0.25) is 6.79 Å². The molecule has 20 heavy (non-hydrogen) atoms. The molecule has 1 aromatic heterocycles. The van der Waals surface area contributed by atoms with Crippen LogP contribution in [0.3, 0.4) is 0 Å². The Hall–Kier alpha value is -1.79. The van der Waals surface area contributed by atoms with Crippen LogP contribution in [0.25, 0.3) is 0 Å². The molecule has 1 atom stereocenters. The molecule has 0 radical (unpaired) electrons. The molecular formula is C14H15N3O2S. The molecule has 1 unspecified atom stereocenters. The minimum Gasteiger partial charge on any atom is -0.454 e. The third-order valence-corrected chi connectivity index (χ3v) is 3.97. The van der Waals surface area contributed by atoms with E-state index in [1.807, 2.05) is 25.1 Å². The van der Waals surface area contributed by atoms with E-state index < -0.39 is 0 Å². The molecule has 0 fully saturated rings. The summed E-state index contributed by atoms with van der Waals surface area (Å²) in [5.74, 6) is 2.24. The predicted molar refractivity (Wildman–Crippen MR) is 77.0 cm³/mol. The zero-order valence-corrected chi connectivity index (χ0v) is 11.9. The number of nitrogens with two attached hydrogens (primary N) is 1. The van der Waals surface area contributed by atoms with E-state index in [1.54, 1.807) is 24.2 Å². The molecule has 3 rings (SSSR count). The van der Waals surface area contributed by atoms with E-state index in [0.717, 1.165) is 27.8 Å². The van der Waals surface area contributed by atoms with Gasteiger partial charge in [0, 0.05) is 24.2 Å². The molecule has 104 valence electrons. The fourth-order valence-electron chi connectivity index (χ4n) is 1.86. The Morgan fingerprint density at radius 1 is 1.25 bits per heavy atom. The molecule has 1 aromatic carbocycles. The van der Waals surface area contributed by atoms with Crippen molar-refractivity contribution in [3.63, 3.8) is 0 Å². The standard InChI is InChI=1S/C14H15N3O2S/c1-9-5-16-14(17-6-9)20-7-11(15)10-2-3-12-13(4-10)19-8-18-12/h2-6,11H,7-8,15H2,1H3. The number of thioether (sulfide) groups is 1. The van der Waals surface area contributed by atoms with Gasteiger partial charge in [0.1, 0.15) is 0 Å². The summed E-state index contributed by atoms with van der Waals surface area (Å²) in [7, 11) is 0. The summed E-state index contributed by atoms with van der Waals surface area (Å²) in [6.07, 6.45) is 3.61. The van der Waals surface area contributed by atoms with Crippen LogP contribution in [0.4, 0.5) is 0 Å². The van der Waals surface area contributed by atoms with Crippen molar-refractivity contribution in [2.75, 3.05) is 12.5 Å². The molecule has 0 saturated carbocycles. The highest BCUT2D eigenvalue weighted by Crippen LogP contribution is 2.34. The van der Waals surface area contributed by atoms with Crippen molar-refractivity contribution in [3.8, 4) is 11.5 Å². The first kappa shape index (κ1) is 13.2. The summed E-state index contributed by atoms with van der Waals surface area (Å²) in [4.78, 5) is 8.51. The third-order valence-electron chi connectivity index (χ3n) is 2.97. The van der Waals surface area contributed by atoms with Gasteiger partial charge >= 0.3 is 0 Å². The van der Waals surface area contributed by atoms with Crippen LogP contribution in [0.1, 0.15) is 17.2 Å². The second-order valence-electron chi connectivity index (χ2n) is 4.57. The summed E-state index contributed by atoms with van der Waals surface area (Å²) in [6, 6.07) is 5.70. The van der Waals surface area contributed by atoms with Crippen molar-refractivity contribution in [1.29, 1.82) is 0 Å². The van der Waals surface area contributed by atoms with Crippen molar-refractivity contribution in [2.24, 2.45) is 5.73 Å². The molecule has 2 heterocycles. The van der Waals surface area contributed by atoms with E-state index in [0.29, 0.717) is 5.75 Å². The molecule has 5 nitrogen and oxygen atoms in total. The summed E-state index contributed by atoms with van der Waals surface area (Å²) in [5.41, 5.74) is 8.27. The predicted octanol–water partition coefficient (Wildman–Crippen LogP) is 2.31. The van der Waals surface area contributed by atoms with E-state index in [4.69, 9.17) is 15.2 Å². The number of hydrogen-bond acceptors (Lipinski definition) is 6. The Morgan fingerprint density at radius 2 is 2.00 bits per heavy atom. The van der Waals surface area contributed by atoms with E-state index in [9.17, 15) is 0 Å². The summed E-state index contributed by atoms with van der Waals surface area (Å²) < 4.78 is 10.6. The second kappa shape index (κ2) is 5.68. The molecule has 2 N–H and O–H groups in total. The number of fused-ring (bicyclic) bond motifs is 1. The van der Waals surface area contributed by atoms with Crippen molar-refractivity contribution >= 4 is 11.8 Å². The highest BCUT2D eigenvalue weighted by Gasteiger charge is 2.16. The first-order valence-corrected chi connectivity index (χ1v) is 7.27. The monoisotopic (exact) mass is 289 g/mol. The summed E-state index contributed by atoms with van der Waals surface area (Å²) in [6.45, 7) is 2.24. The van der Waals surface area contributed by atoms with Gasteiger partial charge in [0.05, 0.1) is 0 Å². The van der Waals surface area contributed by atoms with E-state index in [2.05, 4.69) is 9.97 Å². The average molecular weight is 289 g/mol. The fraction of sp³-hybridized carbons (Fsp3) is 0.286. The van der Waals surface area contributed by atoms with E-state index >= 15 is 0 Å². The Morgan fingerprint density at radius 3 is 2.80 bits per heavy atom. The lowest BCUT2D eigenvalue weighted by Gasteiger charge is -2.11.